The topological polar surface area (TPSA) is 69.6 Å². The van der Waals surface area contributed by atoms with Crippen LogP contribution in [-0.4, -0.2) is 31.1 Å². The highest BCUT2D eigenvalue weighted by Crippen LogP contribution is 2.22. The third-order valence-electron chi connectivity index (χ3n) is 2.03. The van der Waals surface area contributed by atoms with Crippen LogP contribution in [0.4, 0.5) is 11.4 Å². The van der Waals surface area contributed by atoms with Crippen LogP contribution in [-0.2, 0) is 4.79 Å². The van der Waals surface area contributed by atoms with E-state index in [1.54, 1.807) is 31.1 Å². The van der Waals surface area contributed by atoms with E-state index >= 15 is 0 Å². The van der Waals surface area contributed by atoms with Crippen molar-refractivity contribution in [2.24, 2.45) is 0 Å². The van der Waals surface area contributed by atoms with E-state index in [1.165, 1.54) is 13.0 Å². The zero-order valence-corrected chi connectivity index (χ0v) is 9.44. The first-order chi connectivity index (χ1) is 7.41. The summed E-state index contributed by atoms with van der Waals surface area (Å²) in [7, 11) is 3.53. The van der Waals surface area contributed by atoms with Crippen LogP contribution in [0.3, 0.4) is 0 Å². The molecule has 1 aromatic rings. The highest BCUT2D eigenvalue weighted by molar-refractivity contribution is 5.97. The molecule has 0 aromatic heterocycles. The van der Waals surface area contributed by atoms with Gasteiger partial charge >= 0.3 is 5.97 Å². The molecule has 0 fully saturated rings. The van der Waals surface area contributed by atoms with Gasteiger partial charge in [0.15, 0.2) is 0 Å². The Hall–Kier alpha value is -2.04. The molecule has 0 heterocycles. The summed E-state index contributed by atoms with van der Waals surface area (Å²) in [6.07, 6.45) is 0. The maximum atomic E-state index is 11.0. The van der Waals surface area contributed by atoms with Crippen LogP contribution in [0.15, 0.2) is 18.2 Å². The van der Waals surface area contributed by atoms with E-state index in [4.69, 9.17) is 5.11 Å². The Morgan fingerprint density at radius 1 is 1.31 bits per heavy atom. The van der Waals surface area contributed by atoms with Crippen molar-refractivity contribution in [3.05, 3.63) is 23.8 Å². The first-order valence-electron chi connectivity index (χ1n) is 4.74. The second kappa shape index (κ2) is 4.65. The summed E-state index contributed by atoms with van der Waals surface area (Å²) >= 11 is 0. The van der Waals surface area contributed by atoms with E-state index in [0.29, 0.717) is 11.4 Å². The summed E-state index contributed by atoms with van der Waals surface area (Å²) in [4.78, 5) is 23.6. The highest BCUT2D eigenvalue weighted by atomic mass is 16.4. The number of hydrogen-bond donors (Lipinski definition) is 2. The lowest BCUT2D eigenvalue weighted by Gasteiger charge is -2.16. The van der Waals surface area contributed by atoms with Crippen LogP contribution in [0, 0.1) is 0 Å². The van der Waals surface area contributed by atoms with Crippen molar-refractivity contribution < 1.29 is 14.7 Å². The molecular weight excluding hydrogens is 208 g/mol. The normalized spacial score (nSPS) is 9.69. The predicted octanol–water partition coefficient (Wildman–Crippen LogP) is 1.41. The number of carbonyl (C=O) groups excluding carboxylic acids is 1. The van der Waals surface area contributed by atoms with Gasteiger partial charge in [0.1, 0.15) is 0 Å². The second-order valence-corrected chi connectivity index (χ2v) is 3.61. The van der Waals surface area contributed by atoms with Gasteiger partial charge in [-0.15, -0.1) is 0 Å². The van der Waals surface area contributed by atoms with Crippen LogP contribution in [0.1, 0.15) is 17.3 Å². The van der Waals surface area contributed by atoms with Gasteiger partial charge in [0.2, 0.25) is 5.91 Å². The minimum atomic E-state index is -1.02. The quantitative estimate of drug-likeness (QED) is 0.811. The van der Waals surface area contributed by atoms with E-state index in [0.717, 1.165) is 0 Å². The molecule has 1 rings (SSSR count). The highest BCUT2D eigenvalue weighted by Gasteiger charge is 2.12. The Morgan fingerprint density at radius 3 is 2.38 bits per heavy atom. The monoisotopic (exact) mass is 222 g/mol. The molecule has 0 saturated carbocycles. The SMILES string of the molecule is CC(=O)Nc1ccc(N(C)C)c(C(=O)O)c1. The number of anilines is 2. The number of nitrogens with zero attached hydrogens (tertiary/aromatic N) is 1. The van der Waals surface area contributed by atoms with Crippen LogP contribution in [0.25, 0.3) is 0 Å². The molecule has 5 nitrogen and oxygen atoms in total. The lowest BCUT2D eigenvalue weighted by molar-refractivity contribution is -0.114. The Bertz CT molecular complexity index is 427. The number of carbonyl (C=O) groups is 2. The van der Waals surface area contributed by atoms with Crippen molar-refractivity contribution in [2.75, 3.05) is 24.3 Å². The molecular formula is C11H14N2O3. The van der Waals surface area contributed by atoms with Gasteiger partial charge in [-0.05, 0) is 18.2 Å². The van der Waals surface area contributed by atoms with Gasteiger partial charge < -0.3 is 15.3 Å². The van der Waals surface area contributed by atoms with Crippen molar-refractivity contribution in [3.63, 3.8) is 0 Å². The standard InChI is InChI=1S/C11H14N2O3/c1-7(14)12-8-4-5-10(13(2)3)9(6-8)11(15)16/h4-6H,1-3H3,(H,12,14)(H,15,16). The molecule has 16 heavy (non-hydrogen) atoms. The van der Waals surface area contributed by atoms with Crippen molar-refractivity contribution in [1.82, 2.24) is 0 Å². The fraction of sp³-hybridized carbons (Fsp3) is 0.273. The largest absolute Gasteiger partial charge is 0.478 e. The summed E-state index contributed by atoms with van der Waals surface area (Å²) < 4.78 is 0. The molecule has 0 aliphatic rings. The van der Waals surface area contributed by atoms with Gasteiger partial charge in [-0.25, -0.2) is 4.79 Å². The van der Waals surface area contributed by atoms with Gasteiger partial charge in [-0.1, -0.05) is 0 Å². The number of carboxylic acids is 1. The maximum absolute atomic E-state index is 11.0. The number of carboxylic acid groups (broad SMARTS) is 1. The van der Waals surface area contributed by atoms with E-state index in [2.05, 4.69) is 5.32 Å². The minimum Gasteiger partial charge on any atom is -0.478 e. The molecule has 0 aliphatic carbocycles. The number of amides is 1. The summed E-state index contributed by atoms with van der Waals surface area (Å²) in [5.74, 6) is -1.25. The lowest BCUT2D eigenvalue weighted by atomic mass is 10.1. The molecule has 2 N–H and O–H groups in total. The van der Waals surface area contributed by atoms with Crippen molar-refractivity contribution >= 4 is 23.3 Å². The first-order valence-corrected chi connectivity index (χ1v) is 4.74. The third-order valence-corrected chi connectivity index (χ3v) is 2.03. The molecule has 0 saturated heterocycles. The molecule has 0 bridgehead atoms. The maximum Gasteiger partial charge on any atom is 0.337 e. The van der Waals surface area contributed by atoms with E-state index in [-0.39, 0.29) is 11.5 Å². The van der Waals surface area contributed by atoms with Gasteiger partial charge in [0, 0.05) is 26.7 Å². The Labute approximate surface area is 93.7 Å². The van der Waals surface area contributed by atoms with Gasteiger partial charge in [0.25, 0.3) is 0 Å². The number of rotatable bonds is 3. The summed E-state index contributed by atoms with van der Waals surface area (Å²) in [5, 5.41) is 11.6. The number of aromatic carboxylic acids is 1. The van der Waals surface area contributed by atoms with E-state index < -0.39 is 5.97 Å². The molecule has 5 heteroatoms. The Morgan fingerprint density at radius 2 is 1.94 bits per heavy atom. The Balaban J connectivity index is 3.17. The zero-order valence-electron chi connectivity index (χ0n) is 9.44. The minimum absolute atomic E-state index is 0.163. The predicted molar refractivity (Wildman–Crippen MR) is 62.0 cm³/mol. The van der Waals surface area contributed by atoms with Gasteiger partial charge in [0.05, 0.1) is 11.3 Å². The van der Waals surface area contributed by atoms with Crippen LogP contribution in [0.5, 0.6) is 0 Å². The van der Waals surface area contributed by atoms with Gasteiger partial charge in [-0.3, -0.25) is 4.79 Å². The molecule has 0 spiro atoms. The molecule has 0 aliphatic heterocycles. The molecule has 0 radical (unpaired) electrons. The molecule has 1 amide bonds. The van der Waals surface area contributed by atoms with Crippen LogP contribution in [0.2, 0.25) is 0 Å². The van der Waals surface area contributed by atoms with E-state index in [1.807, 2.05) is 0 Å². The summed E-state index contributed by atoms with van der Waals surface area (Å²) in [6, 6.07) is 4.77. The molecule has 0 unspecified atom stereocenters. The number of nitrogens with one attached hydrogen (secondary N) is 1. The van der Waals surface area contributed by atoms with Crippen molar-refractivity contribution in [3.8, 4) is 0 Å². The average Bonchev–Trinajstić information content (AvgIpc) is 2.16. The average molecular weight is 222 g/mol. The summed E-state index contributed by atoms with van der Waals surface area (Å²) in [6.45, 7) is 1.38. The van der Waals surface area contributed by atoms with Gasteiger partial charge in [-0.2, -0.15) is 0 Å². The third kappa shape index (κ3) is 2.73. The lowest BCUT2D eigenvalue weighted by Crippen LogP contribution is -2.15. The fourth-order valence-electron chi connectivity index (χ4n) is 1.38. The summed E-state index contributed by atoms with van der Waals surface area (Å²) in [5.41, 5.74) is 1.24. The van der Waals surface area contributed by atoms with Crippen molar-refractivity contribution in [2.45, 2.75) is 6.92 Å². The fourth-order valence-corrected chi connectivity index (χ4v) is 1.38. The smallest absolute Gasteiger partial charge is 0.337 e. The number of benzene rings is 1. The van der Waals surface area contributed by atoms with Crippen molar-refractivity contribution in [1.29, 1.82) is 0 Å². The van der Waals surface area contributed by atoms with Crippen LogP contribution >= 0.6 is 0 Å². The second-order valence-electron chi connectivity index (χ2n) is 3.61. The first kappa shape index (κ1) is 12.0. The van der Waals surface area contributed by atoms with Crippen LogP contribution < -0.4 is 10.2 Å². The Kier molecular flexibility index (Phi) is 3.50. The number of hydrogen-bond acceptors (Lipinski definition) is 3. The molecule has 1 aromatic carbocycles. The van der Waals surface area contributed by atoms with E-state index in [9.17, 15) is 9.59 Å². The zero-order chi connectivity index (χ0) is 12.3. The molecule has 86 valence electrons. The molecule has 0 atom stereocenters.